The number of pyridine rings is 2. The first-order valence-electron chi connectivity index (χ1n) is 10.3. The van der Waals surface area contributed by atoms with Crippen molar-refractivity contribution in [1.82, 2.24) is 19.5 Å². The Bertz CT molecular complexity index is 1460. The van der Waals surface area contributed by atoms with E-state index in [0.717, 1.165) is 45.2 Å². The second-order valence-corrected chi connectivity index (χ2v) is 7.38. The van der Waals surface area contributed by atoms with Crippen LogP contribution in [0.1, 0.15) is 16.7 Å². The molecule has 0 spiro atoms. The van der Waals surface area contributed by atoms with Crippen LogP contribution in [0.2, 0.25) is 0 Å². The number of nitrogens with two attached hydrogens (primary N) is 1. The summed E-state index contributed by atoms with van der Waals surface area (Å²) in [5, 5.41) is 1.01. The summed E-state index contributed by atoms with van der Waals surface area (Å²) in [7, 11) is 1.59. The number of benzene rings is 2. The lowest BCUT2D eigenvalue weighted by Crippen LogP contribution is -2.02. The number of imidazole rings is 1. The molecule has 5 aromatic rings. The summed E-state index contributed by atoms with van der Waals surface area (Å²) in [5.41, 5.74) is 12.4. The summed E-state index contributed by atoms with van der Waals surface area (Å²) in [4.78, 5) is 13.3. The van der Waals surface area contributed by atoms with Crippen molar-refractivity contribution in [2.24, 2.45) is 5.73 Å². The zero-order valence-electron chi connectivity index (χ0n) is 17.6. The van der Waals surface area contributed by atoms with Crippen LogP contribution in [0.25, 0.3) is 27.6 Å². The van der Waals surface area contributed by atoms with E-state index in [1.807, 2.05) is 30.7 Å². The van der Waals surface area contributed by atoms with E-state index in [1.54, 1.807) is 19.4 Å². The maximum Gasteiger partial charge on any atom is 0.212 e. The minimum absolute atomic E-state index is 0.569. The molecule has 0 amide bonds. The van der Waals surface area contributed by atoms with Crippen molar-refractivity contribution in [3.63, 3.8) is 0 Å². The molecule has 0 unspecified atom stereocenters. The highest BCUT2D eigenvalue weighted by molar-refractivity contribution is 6.03. The van der Waals surface area contributed by atoms with Crippen molar-refractivity contribution in [3.05, 3.63) is 90.0 Å². The predicted octanol–water partition coefficient (Wildman–Crippen LogP) is 3.88. The summed E-state index contributed by atoms with van der Waals surface area (Å²) in [6.45, 7) is 0.639. The first-order valence-corrected chi connectivity index (χ1v) is 10.3. The van der Waals surface area contributed by atoms with Gasteiger partial charge >= 0.3 is 0 Å². The van der Waals surface area contributed by atoms with Crippen LogP contribution in [0.5, 0.6) is 5.88 Å². The fourth-order valence-electron chi connectivity index (χ4n) is 3.68. The van der Waals surface area contributed by atoms with E-state index in [9.17, 15) is 0 Å². The molecule has 0 saturated heterocycles. The number of aromatic nitrogens is 4. The van der Waals surface area contributed by atoms with Crippen molar-refractivity contribution in [2.45, 2.75) is 6.42 Å². The average molecular weight is 419 g/mol. The molecule has 5 rings (SSSR count). The quantitative estimate of drug-likeness (QED) is 0.447. The first-order chi connectivity index (χ1) is 15.7. The van der Waals surface area contributed by atoms with Crippen LogP contribution in [0.15, 0.2) is 73.3 Å². The molecular formula is C26H21N5O. The van der Waals surface area contributed by atoms with Crippen LogP contribution in [-0.2, 0) is 6.42 Å². The Morgan fingerprint density at radius 1 is 0.875 bits per heavy atom. The molecule has 32 heavy (non-hydrogen) atoms. The largest absolute Gasteiger partial charge is 0.481 e. The number of ether oxygens (including phenoxy) is 1. The third-order valence-electron chi connectivity index (χ3n) is 5.32. The zero-order chi connectivity index (χ0) is 21.9. The number of hydrogen-bond acceptors (Lipinski definition) is 5. The predicted molar refractivity (Wildman–Crippen MR) is 126 cm³/mol. The number of nitrogens with zero attached hydrogens (tertiary/aromatic N) is 4. The van der Waals surface area contributed by atoms with Crippen molar-refractivity contribution < 1.29 is 4.74 Å². The highest BCUT2D eigenvalue weighted by atomic mass is 16.5. The van der Waals surface area contributed by atoms with Gasteiger partial charge in [-0.3, -0.25) is 9.55 Å². The van der Waals surface area contributed by atoms with Crippen molar-refractivity contribution in [2.75, 3.05) is 13.7 Å². The monoisotopic (exact) mass is 419 g/mol. The SMILES string of the molecule is COc1ccc(C#Cc2ccc3ncc4ncn(-c5ccc(CCN)cc5)c4c3c2)cn1. The van der Waals surface area contributed by atoms with Gasteiger partial charge in [0.05, 0.1) is 24.3 Å². The standard InChI is InChI=1S/C26H21N5O/c1-32-25-11-7-20(15-29-25)3-2-19-6-10-23-22(14-19)26-24(16-28-23)30-17-31(26)21-8-4-18(5-9-21)12-13-27/h4-11,14-17H,12-13,27H2,1H3. The van der Waals surface area contributed by atoms with Gasteiger partial charge in [0.15, 0.2) is 0 Å². The van der Waals surface area contributed by atoms with Crippen LogP contribution in [0, 0.1) is 11.8 Å². The van der Waals surface area contributed by atoms with Crippen LogP contribution in [0.3, 0.4) is 0 Å². The minimum Gasteiger partial charge on any atom is -0.481 e. The zero-order valence-corrected chi connectivity index (χ0v) is 17.6. The minimum atomic E-state index is 0.569. The molecule has 0 fully saturated rings. The van der Waals surface area contributed by atoms with Gasteiger partial charge in [-0.25, -0.2) is 9.97 Å². The second-order valence-electron chi connectivity index (χ2n) is 7.38. The van der Waals surface area contributed by atoms with E-state index >= 15 is 0 Å². The molecule has 0 aliphatic rings. The number of hydrogen-bond donors (Lipinski definition) is 1. The van der Waals surface area contributed by atoms with Crippen LogP contribution in [-0.4, -0.2) is 33.2 Å². The summed E-state index contributed by atoms with van der Waals surface area (Å²) < 4.78 is 7.19. The van der Waals surface area contributed by atoms with E-state index in [4.69, 9.17) is 10.5 Å². The normalized spacial score (nSPS) is 10.8. The number of fused-ring (bicyclic) bond motifs is 3. The molecule has 0 atom stereocenters. The van der Waals surface area contributed by atoms with Crippen molar-refractivity contribution >= 4 is 21.9 Å². The Kier molecular flexibility index (Phi) is 5.24. The van der Waals surface area contributed by atoms with Gasteiger partial charge in [0.1, 0.15) is 11.8 Å². The maximum absolute atomic E-state index is 5.68. The molecule has 3 heterocycles. The van der Waals surface area contributed by atoms with Crippen molar-refractivity contribution in [1.29, 1.82) is 0 Å². The van der Waals surface area contributed by atoms with E-state index in [1.165, 1.54) is 5.56 Å². The molecule has 0 bridgehead atoms. The number of methoxy groups -OCH3 is 1. The van der Waals surface area contributed by atoms with E-state index < -0.39 is 0 Å². The molecule has 0 aliphatic heterocycles. The Labute approximate surface area is 185 Å². The van der Waals surface area contributed by atoms with Gasteiger partial charge in [0, 0.05) is 34.5 Å². The Morgan fingerprint density at radius 2 is 1.69 bits per heavy atom. The Balaban J connectivity index is 1.58. The third kappa shape index (κ3) is 3.78. The summed E-state index contributed by atoms with van der Waals surface area (Å²) in [6, 6.07) is 18.1. The van der Waals surface area contributed by atoms with Crippen molar-refractivity contribution in [3.8, 4) is 23.4 Å². The van der Waals surface area contributed by atoms with Gasteiger partial charge in [0.25, 0.3) is 0 Å². The fourth-order valence-corrected chi connectivity index (χ4v) is 3.68. The van der Waals surface area contributed by atoms with Crippen LogP contribution in [0.4, 0.5) is 0 Å². The van der Waals surface area contributed by atoms with Gasteiger partial charge in [-0.2, -0.15) is 0 Å². The fraction of sp³-hybridized carbons (Fsp3) is 0.115. The summed E-state index contributed by atoms with van der Waals surface area (Å²) >= 11 is 0. The molecule has 3 aromatic heterocycles. The maximum atomic E-state index is 5.68. The molecule has 2 N–H and O–H groups in total. The second kappa shape index (κ2) is 8.50. The smallest absolute Gasteiger partial charge is 0.212 e. The van der Waals surface area contributed by atoms with Crippen LogP contribution < -0.4 is 10.5 Å². The van der Waals surface area contributed by atoms with Gasteiger partial charge in [0.2, 0.25) is 5.88 Å². The Morgan fingerprint density at radius 3 is 2.44 bits per heavy atom. The molecule has 2 aromatic carbocycles. The lowest BCUT2D eigenvalue weighted by molar-refractivity contribution is 0.398. The first kappa shape index (κ1) is 19.7. The summed E-state index contributed by atoms with van der Waals surface area (Å²) in [5.74, 6) is 6.96. The molecule has 0 saturated carbocycles. The topological polar surface area (TPSA) is 78.9 Å². The summed E-state index contributed by atoms with van der Waals surface area (Å²) in [6.07, 6.45) is 6.22. The lowest BCUT2D eigenvalue weighted by Gasteiger charge is -2.08. The van der Waals surface area contributed by atoms with E-state index in [0.29, 0.717) is 12.4 Å². The number of rotatable bonds is 4. The molecule has 156 valence electrons. The Hall–Kier alpha value is -4.21. The van der Waals surface area contributed by atoms with E-state index in [2.05, 4.69) is 61.7 Å². The highest BCUT2D eigenvalue weighted by Gasteiger charge is 2.10. The van der Waals surface area contributed by atoms with E-state index in [-0.39, 0.29) is 0 Å². The average Bonchev–Trinajstić information content (AvgIpc) is 3.28. The van der Waals surface area contributed by atoms with Gasteiger partial charge in [-0.15, -0.1) is 0 Å². The van der Waals surface area contributed by atoms with Gasteiger partial charge in [-0.05, 0) is 54.9 Å². The molecule has 6 nitrogen and oxygen atoms in total. The van der Waals surface area contributed by atoms with Gasteiger partial charge < -0.3 is 10.5 Å². The molecule has 0 radical (unpaired) electrons. The third-order valence-corrected chi connectivity index (χ3v) is 5.32. The van der Waals surface area contributed by atoms with Crippen LogP contribution >= 0.6 is 0 Å². The molecule has 6 heteroatoms. The van der Waals surface area contributed by atoms with Gasteiger partial charge in [-0.1, -0.05) is 24.0 Å². The highest BCUT2D eigenvalue weighted by Crippen LogP contribution is 2.26. The molecular weight excluding hydrogens is 398 g/mol. The molecule has 0 aliphatic carbocycles. The lowest BCUT2D eigenvalue weighted by atomic mass is 10.1.